The molecule has 0 saturated heterocycles. The van der Waals surface area contributed by atoms with Crippen molar-refractivity contribution in [3.8, 4) is 5.69 Å². The van der Waals surface area contributed by atoms with Crippen LogP contribution in [0.4, 0.5) is 0 Å². The van der Waals surface area contributed by atoms with Gasteiger partial charge in [-0.25, -0.2) is 0 Å². The monoisotopic (exact) mass is 283 g/mol. The number of carbonyl (C=O) groups is 1. The van der Waals surface area contributed by atoms with E-state index >= 15 is 0 Å². The van der Waals surface area contributed by atoms with E-state index in [0.29, 0.717) is 0 Å². The van der Waals surface area contributed by atoms with Gasteiger partial charge in [-0.3, -0.25) is 9.59 Å². The van der Waals surface area contributed by atoms with E-state index in [1.165, 1.54) is 31.4 Å². The van der Waals surface area contributed by atoms with Crippen LogP contribution < -0.4 is 5.43 Å². The first-order chi connectivity index (χ1) is 10.0. The van der Waals surface area contributed by atoms with Crippen molar-refractivity contribution >= 4 is 5.78 Å². The molecule has 2 rings (SSSR count). The second-order valence-corrected chi connectivity index (χ2v) is 5.39. The standard InChI is InChI=1S/C18H21NO2/c1-4-5-6-15-7-9-16(10-8-15)19-12-17(14(3)20)18(21)11-13(19)2/h7-12H,4-6H2,1-3H3. The summed E-state index contributed by atoms with van der Waals surface area (Å²) in [5.41, 5.74) is 3.12. The van der Waals surface area contributed by atoms with Crippen LogP contribution >= 0.6 is 0 Å². The lowest BCUT2D eigenvalue weighted by Crippen LogP contribution is -2.16. The number of nitrogens with zero attached hydrogens (tertiary/aromatic N) is 1. The molecule has 0 aliphatic rings. The topological polar surface area (TPSA) is 39.1 Å². The molecule has 3 nitrogen and oxygen atoms in total. The summed E-state index contributed by atoms with van der Waals surface area (Å²) < 4.78 is 1.89. The zero-order valence-electron chi connectivity index (χ0n) is 12.8. The molecule has 21 heavy (non-hydrogen) atoms. The third-order valence-electron chi connectivity index (χ3n) is 3.66. The van der Waals surface area contributed by atoms with Crippen LogP contribution in [0.5, 0.6) is 0 Å². The molecule has 0 aliphatic heterocycles. The largest absolute Gasteiger partial charge is 0.320 e. The Hall–Kier alpha value is -2.16. The first-order valence-electron chi connectivity index (χ1n) is 7.36. The van der Waals surface area contributed by atoms with Crippen LogP contribution in [0.15, 0.2) is 41.3 Å². The van der Waals surface area contributed by atoms with Crippen molar-refractivity contribution in [2.45, 2.75) is 40.0 Å². The van der Waals surface area contributed by atoms with Gasteiger partial charge in [0.2, 0.25) is 0 Å². The van der Waals surface area contributed by atoms with Crippen molar-refractivity contribution in [1.29, 1.82) is 0 Å². The van der Waals surface area contributed by atoms with Crippen LogP contribution in [0.1, 0.15) is 48.3 Å². The summed E-state index contributed by atoms with van der Waals surface area (Å²) in [4.78, 5) is 23.3. The SMILES string of the molecule is CCCCc1ccc(-n2cc(C(C)=O)c(=O)cc2C)cc1. The molecular weight excluding hydrogens is 262 g/mol. The minimum atomic E-state index is -0.212. The predicted octanol–water partition coefficient (Wildman–Crippen LogP) is 3.69. The number of hydrogen-bond donors (Lipinski definition) is 0. The minimum Gasteiger partial charge on any atom is -0.320 e. The van der Waals surface area contributed by atoms with Gasteiger partial charge in [0.05, 0.1) is 5.56 Å². The van der Waals surface area contributed by atoms with Crippen LogP contribution in [0, 0.1) is 6.92 Å². The molecule has 1 aromatic carbocycles. The van der Waals surface area contributed by atoms with Crippen molar-refractivity contribution in [2.75, 3.05) is 0 Å². The van der Waals surface area contributed by atoms with Gasteiger partial charge in [0.25, 0.3) is 0 Å². The smallest absolute Gasteiger partial charge is 0.192 e. The Morgan fingerprint density at radius 2 is 1.86 bits per heavy atom. The van der Waals surface area contributed by atoms with Crippen LogP contribution in [-0.2, 0) is 6.42 Å². The van der Waals surface area contributed by atoms with Crippen molar-refractivity contribution < 1.29 is 4.79 Å². The highest BCUT2D eigenvalue weighted by Gasteiger charge is 2.09. The van der Waals surface area contributed by atoms with Gasteiger partial charge in [-0.1, -0.05) is 25.5 Å². The zero-order chi connectivity index (χ0) is 15.4. The summed E-state index contributed by atoms with van der Waals surface area (Å²) in [5, 5.41) is 0. The highest BCUT2D eigenvalue weighted by atomic mass is 16.1. The third kappa shape index (κ3) is 3.48. The number of benzene rings is 1. The zero-order valence-corrected chi connectivity index (χ0v) is 12.8. The molecule has 1 aromatic heterocycles. The van der Waals surface area contributed by atoms with Gasteiger partial charge in [-0.15, -0.1) is 0 Å². The predicted molar refractivity (Wildman–Crippen MR) is 85.4 cm³/mol. The van der Waals surface area contributed by atoms with E-state index in [4.69, 9.17) is 0 Å². The van der Waals surface area contributed by atoms with Crippen molar-refractivity contribution in [3.05, 3.63) is 63.6 Å². The maximum absolute atomic E-state index is 11.8. The van der Waals surface area contributed by atoms with Crippen LogP contribution in [-0.4, -0.2) is 10.4 Å². The lowest BCUT2D eigenvalue weighted by atomic mass is 10.1. The Morgan fingerprint density at radius 1 is 1.19 bits per heavy atom. The number of aryl methyl sites for hydroxylation is 2. The normalized spacial score (nSPS) is 10.6. The van der Waals surface area contributed by atoms with Crippen molar-refractivity contribution in [1.82, 2.24) is 4.57 Å². The average Bonchev–Trinajstić information content (AvgIpc) is 2.45. The molecule has 3 heteroatoms. The number of aromatic nitrogens is 1. The van der Waals surface area contributed by atoms with Gasteiger partial charge in [0, 0.05) is 23.6 Å². The van der Waals surface area contributed by atoms with Gasteiger partial charge in [-0.2, -0.15) is 0 Å². The van der Waals surface area contributed by atoms with Gasteiger partial charge < -0.3 is 4.57 Å². The molecule has 0 spiro atoms. The van der Waals surface area contributed by atoms with E-state index < -0.39 is 0 Å². The Balaban J connectivity index is 2.39. The van der Waals surface area contributed by atoms with Gasteiger partial charge >= 0.3 is 0 Å². The third-order valence-corrected chi connectivity index (χ3v) is 3.66. The van der Waals surface area contributed by atoms with E-state index in [0.717, 1.165) is 17.8 Å². The van der Waals surface area contributed by atoms with E-state index in [2.05, 4.69) is 19.1 Å². The number of hydrogen-bond acceptors (Lipinski definition) is 2. The highest BCUT2D eigenvalue weighted by molar-refractivity contribution is 5.93. The number of Topliss-reactive ketones (excluding diaryl/α,β-unsaturated/α-hetero) is 1. The van der Waals surface area contributed by atoms with Crippen molar-refractivity contribution in [2.24, 2.45) is 0 Å². The van der Waals surface area contributed by atoms with E-state index in [1.54, 1.807) is 6.20 Å². The van der Waals surface area contributed by atoms with Crippen LogP contribution in [0.2, 0.25) is 0 Å². The molecule has 0 saturated carbocycles. The second-order valence-electron chi connectivity index (χ2n) is 5.39. The Labute approximate surface area is 125 Å². The fourth-order valence-electron chi connectivity index (χ4n) is 2.38. The fourth-order valence-corrected chi connectivity index (χ4v) is 2.38. The molecule has 0 N–H and O–H groups in total. The second kappa shape index (κ2) is 6.53. The molecular formula is C18H21NO2. The quantitative estimate of drug-likeness (QED) is 0.785. The van der Waals surface area contributed by atoms with Gasteiger partial charge in [0.15, 0.2) is 11.2 Å². The molecule has 0 fully saturated rings. The summed E-state index contributed by atoms with van der Waals surface area (Å²) in [6.45, 7) is 5.47. The average molecular weight is 283 g/mol. The fraction of sp³-hybridized carbons (Fsp3) is 0.333. The molecule has 0 amide bonds. The Morgan fingerprint density at radius 3 is 2.43 bits per heavy atom. The van der Waals surface area contributed by atoms with Crippen LogP contribution in [0.3, 0.4) is 0 Å². The van der Waals surface area contributed by atoms with Crippen LogP contribution in [0.25, 0.3) is 5.69 Å². The molecule has 0 atom stereocenters. The molecule has 2 aromatic rings. The maximum atomic E-state index is 11.8. The van der Waals surface area contributed by atoms with Crippen molar-refractivity contribution in [3.63, 3.8) is 0 Å². The highest BCUT2D eigenvalue weighted by Crippen LogP contribution is 2.14. The van der Waals surface area contributed by atoms with E-state index in [9.17, 15) is 9.59 Å². The van der Waals surface area contributed by atoms with E-state index in [-0.39, 0.29) is 16.8 Å². The summed E-state index contributed by atoms with van der Waals surface area (Å²) in [6.07, 6.45) is 5.09. The first-order valence-corrected chi connectivity index (χ1v) is 7.36. The first kappa shape index (κ1) is 15.2. The maximum Gasteiger partial charge on any atom is 0.192 e. The van der Waals surface area contributed by atoms with E-state index in [1.807, 2.05) is 23.6 Å². The Kier molecular flexibility index (Phi) is 4.73. The molecule has 110 valence electrons. The van der Waals surface area contributed by atoms with Gasteiger partial charge in [0.1, 0.15) is 0 Å². The molecule has 1 heterocycles. The molecule has 0 bridgehead atoms. The molecule has 0 aliphatic carbocycles. The number of pyridine rings is 1. The molecule has 0 radical (unpaired) electrons. The number of rotatable bonds is 5. The lowest BCUT2D eigenvalue weighted by molar-refractivity contribution is 0.101. The summed E-state index contributed by atoms with van der Waals surface area (Å²) in [5.74, 6) is -0.201. The number of ketones is 1. The minimum absolute atomic E-state index is 0.201. The number of unbranched alkanes of at least 4 members (excludes halogenated alkanes) is 1. The number of carbonyl (C=O) groups excluding carboxylic acids is 1. The molecule has 0 unspecified atom stereocenters. The summed E-state index contributed by atoms with van der Waals surface area (Å²) in [6, 6.07) is 9.80. The van der Waals surface area contributed by atoms with Gasteiger partial charge in [-0.05, 0) is 44.4 Å². The summed E-state index contributed by atoms with van der Waals surface area (Å²) in [7, 11) is 0. The lowest BCUT2D eigenvalue weighted by Gasteiger charge is -2.12. The Bertz CT molecular complexity index is 696. The summed E-state index contributed by atoms with van der Waals surface area (Å²) >= 11 is 0.